The lowest BCUT2D eigenvalue weighted by atomic mass is 9.92. The van der Waals surface area contributed by atoms with Gasteiger partial charge in [0, 0.05) is 10.1 Å². The molecule has 2 rings (SSSR count). The number of methoxy groups -OCH3 is 1. The summed E-state index contributed by atoms with van der Waals surface area (Å²) in [4.78, 5) is 14.0. The molecule has 0 amide bonds. The fourth-order valence-electron chi connectivity index (χ4n) is 2.74. The minimum Gasteiger partial charge on any atom is -0.497 e. The predicted octanol–water partition coefficient (Wildman–Crippen LogP) is 4.87. The van der Waals surface area contributed by atoms with Crippen LogP contribution < -0.4 is 4.74 Å². The zero-order valence-corrected chi connectivity index (χ0v) is 17.3. The van der Waals surface area contributed by atoms with E-state index in [-0.39, 0.29) is 5.25 Å². The van der Waals surface area contributed by atoms with Crippen molar-refractivity contribution in [2.45, 2.75) is 49.5 Å². The highest BCUT2D eigenvalue weighted by atomic mass is 32.2. The Balaban J connectivity index is 2.28. The normalized spacial score (nSPS) is 14.9. The molecule has 0 radical (unpaired) electrons. The molecule has 0 bridgehead atoms. The first-order valence-electron chi connectivity index (χ1n) is 8.98. The fourth-order valence-corrected chi connectivity index (χ4v) is 3.89. The summed E-state index contributed by atoms with van der Waals surface area (Å²) in [6.45, 7) is 7.43. The summed E-state index contributed by atoms with van der Waals surface area (Å²) in [6.07, 6.45) is -0.975. The topological polar surface area (TPSA) is 55.8 Å². The highest BCUT2D eigenvalue weighted by molar-refractivity contribution is 8.00. The molecule has 27 heavy (non-hydrogen) atoms. The number of carbonyl (C=O) groups is 1. The van der Waals surface area contributed by atoms with Gasteiger partial charge in [-0.25, -0.2) is 0 Å². The van der Waals surface area contributed by atoms with Crippen LogP contribution in [0, 0.1) is 5.92 Å². The summed E-state index contributed by atoms with van der Waals surface area (Å²) in [5.41, 5.74) is 0.0405. The van der Waals surface area contributed by atoms with Gasteiger partial charge in [-0.05, 0) is 50.6 Å². The van der Waals surface area contributed by atoms with E-state index >= 15 is 0 Å². The summed E-state index contributed by atoms with van der Waals surface area (Å²) in [6, 6.07) is 17.0. The number of rotatable bonds is 7. The van der Waals surface area contributed by atoms with E-state index in [1.165, 1.54) is 0 Å². The first-order valence-corrected chi connectivity index (χ1v) is 9.86. The second-order valence-electron chi connectivity index (χ2n) is 7.41. The highest BCUT2D eigenvalue weighted by Gasteiger charge is 2.37. The zero-order valence-electron chi connectivity index (χ0n) is 16.5. The number of aliphatic hydroxyl groups excluding tert-OH is 1. The van der Waals surface area contributed by atoms with Gasteiger partial charge in [0.25, 0.3) is 0 Å². The van der Waals surface area contributed by atoms with Gasteiger partial charge in [-0.2, -0.15) is 0 Å². The number of benzene rings is 2. The summed E-state index contributed by atoms with van der Waals surface area (Å²) in [5.74, 6) is -0.406. The minimum atomic E-state index is -0.975. The van der Waals surface area contributed by atoms with Crippen LogP contribution in [0.1, 0.15) is 39.4 Å². The molecule has 2 aromatic carbocycles. The van der Waals surface area contributed by atoms with Crippen molar-refractivity contribution in [1.82, 2.24) is 0 Å². The molecule has 0 aromatic heterocycles. The van der Waals surface area contributed by atoms with Crippen LogP contribution in [-0.2, 0) is 9.53 Å². The number of carbonyl (C=O) groups excluding carboxylic acids is 1. The van der Waals surface area contributed by atoms with Gasteiger partial charge in [0.1, 0.15) is 11.4 Å². The maximum atomic E-state index is 12.9. The molecule has 5 heteroatoms. The smallest absolute Gasteiger partial charge is 0.313 e. The van der Waals surface area contributed by atoms with E-state index in [0.717, 1.165) is 4.90 Å². The van der Waals surface area contributed by atoms with Crippen molar-refractivity contribution in [3.05, 3.63) is 60.2 Å². The van der Waals surface area contributed by atoms with E-state index in [2.05, 4.69) is 0 Å². The van der Waals surface area contributed by atoms with Crippen LogP contribution >= 0.6 is 11.8 Å². The summed E-state index contributed by atoms with van der Waals surface area (Å²) in [7, 11) is 1.59. The first kappa shape index (κ1) is 21.3. The number of ether oxygens (including phenoxy) is 2. The van der Waals surface area contributed by atoms with Crippen molar-refractivity contribution >= 4 is 17.7 Å². The molecule has 0 saturated heterocycles. The van der Waals surface area contributed by atoms with Crippen molar-refractivity contribution in [3.8, 4) is 5.75 Å². The van der Waals surface area contributed by atoms with Gasteiger partial charge >= 0.3 is 5.97 Å². The summed E-state index contributed by atoms with van der Waals surface area (Å²) < 4.78 is 10.8. The quantitative estimate of drug-likeness (QED) is 0.542. The van der Waals surface area contributed by atoms with Gasteiger partial charge in [-0.3, -0.25) is 4.79 Å². The van der Waals surface area contributed by atoms with Gasteiger partial charge in [0.05, 0.1) is 19.1 Å². The van der Waals surface area contributed by atoms with Crippen LogP contribution in [0.2, 0.25) is 0 Å². The van der Waals surface area contributed by atoms with Crippen LogP contribution in [-0.4, -0.2) is 29.0 Å². The van der Waals surface area contributed by atoms with Crippen LogP contribution in [0.3, 0.4) is 0 Å². The van der Waals surface area contributed by atoms with E-state index in [4.69, 9.17) is 9.47 Å². The van der Waals surface area contributed by atoms with E-state index in [0.29, 0.717) is 11.3 Å². The lowest BCUT2D eigenvalue weighted by Gasteiger charge is -2.30. The molecule has 0 heterocycles. The van der Waals surface area contributed by atoms with E-state index < -0.39 is 23.6 Å². The Hall–Kier alpha value is -1.98. The van der Waals surface area contributed by atoms with E-state index in [9.17, 15) is 9.90 Å². The molecule has 146 valence electrons. The number of aliphatic hydroxyl groups is 1. The Morgan fingerprint density at radius 1 is 1.04 bits per heavy atom. The van der Waals surface area contributed by atoms with Gasteiger partial charge < -0.3 is 14.6 Å². The Morgan fingerprint density at radius 2 is 1.63 bits per heavy atom. The van der Waals surface area contributed by atoms with Crippen molar-refractivity contribution in [2.75, 3.05) is 7.11 Å². The number of hydrogen-bond donors (Lipinski definition) is 1. The van der Waals surface area contributed by atoms with Crippen molar-refractivity contribution in [2.24, 2.45) is 5.92 Å². The molecule has 0 aliphatic rings. The van der Waals surface area contributed by atoms with Crippen LogP contribution in [0.25, 0.3) is 0 Å². The lowest BCUT2D eigenvalue weighted by Crippen LogP contribution is -2.36. The molecule has 0 unspecified atom stereocenters. The molecular formula is C22H28O4S. The number of thioether (sulfide) groups is 1. The average molecular weight is 389 g/mol. The molecule has 3 atom stereocenters. The van der Waals surface area contributed by atoms with Gasteiger partial charge in [0.2, 0.25) is 0 Å². The SMILES string of the molecule is COc1ccc([C@H](O)[C@@H](C(=O)OC(C)(C)C)[C@H](C)Sc2ccccc2)cc1. The summed E-state index contributed by atoms with van der Waals surface area (Å²) >= 11 is 1.55. The molecule has 2 aromatic rings. The standard InChI is InChI=1S/C22H28O4S/c1-15(27-18-9-7-6-8-10-18)19(21(24)26-22(2,3)4)20(23)16-11-13-17(25-5)14-12-16/h6-15,19-20,23H,1-5H3/t15-,19-,20-/m0/s1. The molecular weight excluding hydrogens is 360 g/mol. The average Bonchev–Trinajstić information content (AvgIpc) is 2.61. The molecule has 0 fully saturated rings. The zero-order chi connectivity index (χ0) is 20.0. The van der Waals surface area contributed by atoms with Gasteiger partial charge in [0.15, 0.2) is 0 Å². The molecule has 0 saturated carbocycles. The molecule has 0 spiro atoms. The van der Waals surface area contributed by atoms with Crippen molar-refractivity contribution in [1.29, 1.82) is 0 Å². The maximum Gasteiger partial charge on any atom is 0.313 e. The number of esters is 1. The Labute approximate surface area is 165 Å². The molecule has 4 nitrogen and oxygen atoms in total. The molecule has 1 N–H and O–H groups in total. The third-order valence-electron chi connectivity index (χ3n) is 4.05. The second kappa shape index (κ2) is 9.29. The predicted molar refractivity (Wildman–Crippen MR) is 109 cm³/mol. The second-order valence-corrected chi connectivity index (χ2v) is 8.86. The number of hydrogen-bond acceptors (Lipinski definition) is 5. The fraction of sp³-hybridized carbons (Fsp3) is 0.409. The van der Waals surface area contributed by atoms with Crippen LogP contribution in [0.5, 0.6) is 5.75 Å². The van der Waals surface area contributed by atoms with Gasteiger partial charge in [-0.15, -0.1) is 11.8 Å². The van der Waals surface area contributed by atoms with Gasteiger partial charge in [-0.1, -0.05) is 37.3 Å². The van der Waals surface area contributed by atoms with Crippen molar-refractivity contribution in [3.63, 3.8) is 0 Å². The largest absolute Gasteiger partial charge is 0.497 e. The maximum absolute atomic E-state index is 12.9. The highest BCUT2D eigenvalue weighted by Crippen LogP contribution is 2.36. The minimum absolute atomic E-state index is 0.181. The Kier molecular flexibility index (Phi) is 7.33. The van der Waals surface area contributed by atoms with Crippen LogP contribution in [0.15, 0.2) is 59.5 Å². The van der Waals surface area contributed by atoms with E-state index in [1.54, 1.807) is 43.1 Å². The third kappa shape index (κ3) is 6.29. The Morgan fingerprint density at radius 3 is 2.15 bits per heavy atom. The van der Waals surface area contributed by atoms with Crippen molar-refractivity contribution < 1.29 is 19.4 Å². The molecule has 0 aliphatic heterocycles. The first-order chi connectivity index (χ1) is 12.7. The van der Waals surface area contributed by atoms with E-state index in [1.807, 2.05) is 58.0 Å². The van der Waals surface area contributed by atoms with Crippen LogP contribution in [0.4, 0.5) is 0 Å². The summed E-state index contributed by atoms with van der Waals surface area (Å²) in [5, 5.41) is 10.8. The third-order valence-corrected chi connectivity index (χ3v) is 5.26. The Bertz CT molecular complexity index is 722. The monoisotopic (exact) mass is 388 g/mol. The lowest BCUT2D eigenvalue weighted by molar-refractivity contribution is -0.164. The molecule has 0 aliphatic carbocycles.